The number of benzene rings is 1. The quantitative estimate of drug-likeness (QED) is 0.825. The van der Waals surface area contributed by atoms with E-state index < -0.39 is 15.8 Å². The van der Waals surface area contributed by atoms with Gasteiger partial charge in [-0.1, -0.05) is 41.4 Å². The number of halogens is 1. The average Bonchev–Trinajstić information content (AvgIpc) is 2.34. The van der Waals surface area contributed by atoms with Crippen LogP contribution in [0, 0.1) is 17.2 Å². The zero-order valence-electron chi connectivity index (χ0n) is 10.8. The van der Waals surface area contributed by atoms with Crippen molar-refractivity contribution in [3.05, 3.63) is 34.3 Å². The van der Waals surface area contributed by atoms with Crippen molar-refractivity contribution in [1.29, 1.82) is 5.26 Å². The molecule has 0 spiro atoms. The van der Waals surface area contributed by atoms with Crippen LogP contribution in [0.5, 0.6) is 0 Å². The maximum Gasteiger partial charge on any atom is 0.225 e. The molecule has 1 rings (SSSR count). The van der Waals surface area contributed by atoms with Gasteiger partial charge in [-0.2, -0.15) is 5.26 Å². The lowest BCUT2D eigenvalue weighted by molar-refractivity contribution is 0.490. The van der Waals surface area contributed by atoms with E-state index in [1.807, 2.05) is 31.2 Å². The number of rotatable bonds is 7. The summed E-state index contributed by atoms with van der Waals surface area (Å²) < 4.78 is 26.3. The summed E-state index contributed by atoms with van der Waals surface area (Å²) >= 11 is 3.42. The molecule has 0 bridgehead atoms. The molecule has 0 aliphatic rings. The van der Waals surface area contributed by atoms with Crippen LogP contribution in [0.2, 0.25) is 0 Å². The highest BCUT2D eigenvalue weighted by Gasteiger charge is 2.13. The predicted octanol–water partition coefficient (Wildman–Crippen LogP) is 2.46. The lowest BCUT2D eigenvalue weighted by Gasteiger charge is -2.15. The van der Waals surface area contributed by atoms with Gasteiger partial charge in [0.25, 0.3) is 0 Å². The van der Waals surface area contributed by atoms with Crippen LogP contribution < -0.4 is 4.72 Å². The van der Waals surface area contributed by atoms with Gasteiger partial charge < -0.3 is 0 Å². The molecule has 1 unspecified atom stereocenters. The molecule has 0 saturated heterocycles. The molecule has 104 valence electrons. The van der Waals surface area contributed by atoms with Crippen LogP contribution in [-0.2, 0) is 16.4 Å². The van der Waals surface area contributed by atoms with Crippen molar-refractivity contribution in [3.8, 4) is 6.07 Å². The largest absolute Gasteiger partial charge is 0.225 e. The fourth-order valence-corrected chi connectivity index (χ4v) is 2.95. The Bertz CT molecular complexity index is 552. The lowest BCUT2D eigenvalue weighted by Crippen LogP contribution is -2.31. The Morgan fingerprint density at radius 1 is 1.47 bits per heavy atom. The van der Waals surface area contributed by atoms with Gasteiger partial charge in [0, 0.05) is 11.0 Å². The highest BCUT2D eigenvalue weighted by molar-refractivity contribution is 9.10. The maximum atomic E-state index is 11.4. The first-order chi connectivity index (χ1) is 8.96. The van der Waals surface area contributed by atoms with Crippen LogP contribution in [0.4, 0.5) is 0 Å². The van der Waals surface area contributed by atoms with E-state index in [4.69, 9.17) is 5.26 Å². The normalized spacial score (nSPS) is 12.9. The molecule has 0 aliphatic carbocycles. The molecule has 0 radical (unpaired) electrons. The summed E-state index contributed by atoms with van der Waals surface area (Å²) in [6.45, 7) is 2.40. The first-order valence-electron chi connectivity index (χ1n) is 6.05. The summed E-state index contributed by atoms with van der Waals surface area (Å²) in [5.41, 5.74) is 1.17. The predicted molar refractivity (Wildman–Crippen MR) is 79.0 cm³/mol. The van der Waals surface area contributed by atoms with Gasteiger partial charge in [-0.05, 0) is 30.0 Å². The molecule has 1 N–H and O–H groups in total. The second-order valence-electron chi connectivity index (χ2n) is 4.37. The van der Waals surface area contributed by atoms with Gasteiger partial charge in [0.1, 0.15) is 0 Å². The Balaban J connectivity index is 2.58. The van der Waals surface area contributed by atoms with Gasteiger partial charge in [0.15, 0.2) is 5.75 Å². The van der Waals surface area contributed by atoms with E-state index in [0.717, 1.165) is 17.3 Å². The second-order valence-corrected chi connectivity index (χ2v) is 7.10. The van der Waals surface area contributed by atoms with Crippen LogP contribution in [0.1, 0.15) is 18.9 Å². The highest BCUT2D eigenvalue weighted by Crippen LogP contribution is 2.16. The molecule has 1 aromatic carbocycles. The first kappa shape index (κ1) is 16.2. The third kappa shape index (κ3) is 6.19. The maximum absolute atomic E-state index is 11.4. The molecule has 0 amide bonds. The van der Waals surface area contributed by atoms with Crippen molar-refractivity contribution < 1.29 is 8.42 Å². The number of sulfonamides is 1. The Morgan fingerprint density at radius 3 is 2.79 bits per heavy atom. The zero-order valence-corrected chi connectivity index (χ0v) is 13.2. The minimum absolute atomic E-state index is 0.225. The standard InChI is InChI=1S/C13H17BrN2O2S/c1-2-11(10-16-19(17,18)7-6-15)8-12-4-3-5-13(14)9-12/h3-5,9,11,16H,2,7-8,10H2,1H3. The molecule has 0 saturated carbocycles. The summed E-state index contributed by atoms with van der Waals surface area (Å²) in [6.07, 6.45) is 1.69. The third-order valence-corrected chi connectivity index (χ3v) is 4.45. The van der Waals surface area contributed by atoms with E-state index >= 15 is 0 Å². The minimum Gasteiger partial charge on any atom is -0.214 e. The topological polar surface area (TPSA) is 70.0 Å². The van der Waals surface area contributed by atoms with E-state index in [2.05, 4.69) is 20.7 Å². The van der Waals surface area contributed by atoms with Gasteiger partial charge in [-0.15, -0.1) is 0 Å². The molecule has 4 nitrogen and oxygen atoms in total. The van der Waals surface area contributed by atoms with Gasteiger partial charge in [0.05, 0.1) is 6.07 Å². The summed E-state index contributed by atoms with van der Waals surface area (Å²) in [7, 11) is -3.46. The Labute approximate surface area is 123 Å². The highest BCUT2D eigenvalue weighted by atomic mass is 79.9. The summed E-state index contributed by atoms with van der Waals surface area (Å²) in [6, 6.07) is 9.63. The lowest BCUT2D eigenvalue weighted by atomic mass is 9.97. The molecular formula is C13H17BrN2O2S. The molecular weight excluding hydrogens is 328 g/mol. The van der Waals surface area contributed by atoms with Gasteiger partial charge in [-0.3, -0.25) is 0 Å². The van der Waals surface area contributed by atoms with Crippen molar-refractivity contribution in [2.45, 2.75) is 19.8 Å². The number of nitrogens with zero attached hydrogens (tertiary/aromatic N) is 1. The summed E-state index contributed by atoms with van der Waals surface area (Å²) in [5, 5.41) is 8.42. The molecule has 0 aromatic heterocycles. The number of nitriles is 1. The van der Waals surface area contributed by atoms with Crippen molar-refractivity contribution >= 4 is 26.0 Å². The fraction of sp³-hybridized carbons (Fsp3) is 0.462. The molecule has 19 heavy (non-hydrogen) atoms. The molecule has 1 aromatic rings. The fourth-order valence-electron chi connectivity index (χ4n) is 1.74. The monoisotopic (exact) mass is 344 g/mol. The second kappa shape index (κ2) is 7.63. The smallest absolute Gasteiger partial charge is 0.214 e. The zero-order chi connectivity index (χ0) is 14.3. The minimum atomic E-state index is -3.46. The van der Waals surface area contributed by atoms with Crippen molar-refractivity contribution in [3.63, 3.8) is 0 Å². The number of nitrogens with one attached hydrogen (secondary N) is 1. The third-order valence-electron chi connectivity index (χ3n) is 2.84. The SMILES string of the molecule is CCC(CNS(=O)(=O)CC#N)Cc1cccc(Br)c1. The Hall–Kier alpha value is -0.900. The van der Waals surface area contributed by atoms with Crippen LogP contribution >= 0.6 is 15.9 Å². The molecule has 6 heteroatoms. The summed E-state index contributed by atoms with van der Waals surface area (Å²) in [5.74, 6) is -0.261. The van der Waals surface area contributed by atoms with Gasteiger partial charge in [0.2, 0.25) is 10.0 Å². The number of hydrogen-bond acceptors (Lipinski definition) is 3. The van der Waals surface area contributed by atoms with Crippen molar-refractivity contribution in [2.24, 2.45) is 5.92 Å². The van der Waals surface area contributed by atoms with Gasteiger partial charge in [-0.25, -0.2) is 13.1 Å². The first-order valence-corrected chi connectivity index (χ1v) is 8.50. The van der Waals surface area contributed by atoms with E-state index in [1.165, 1.54) is 5.56 Å². The van der Waals surface area contributed by atoms with Crippen molar-refractivity contribution in [2.75, 3.05) is 12.3 Å². The summed E-state index contributed by atoms with van der Waals surface area (Å²) in [4.78, 5) is 0. The van der Waals surface area contributed by atoms with E-state index in [1.54, 1.807) is 6.07 Å². The van der Waals surface area contributed by atoms with E-state index in [-0.39, 0.29) is 5.92 Å². The average molecular weight is 345 g/mol. The number of hydrogen-bond donors (Lipinski definition) is 1. The van der Waals surface area contributed by atoms with E-state index in [9.17, 15) is 8.42 Å². The van der Waals surface area contributed by atoms with Crippen LogP contribution in [0.25, 0.3) is 0 Å². The molecule has 0 aliphatic heterocycles. The van der Waals surface area contributed by atoms with Crippen LogP contribution in [0.15, 0.2) is 28.7 Å². The van der Waals surface area contributed by atoms with Gasteiger partial charge >= 0.3 is 0 Å². The Morgan fingerprint density at radius 2 is 2.21 bits per heavy atom. The van der Waals surface area contributed by atoms with Crippen LogP contribution in [-0.4, -0.2) is 20.7 Å². The molecule has 0 heterocycles. The van der Waals surface area contributed by atoms with Crippen molar-refractivity contribution in [1.82, 2.24) is 4.72 Å². The molecule has 0 fully saturated rings. The molecule has 1 atom stereocenters. The van der Waals surface area contributed by atoms with Crippen LogP contribution in [0.3, 0.4) is 0 Å². The van der Waals surface area contributed by atoms with E-state index in [0.29, 0.717) is 6.54 Å². The Kier molecular flexibility index (Phi) is 6.49.